The number of carboxylic acid groups (broad SMARTS) is 1. The van der Waals surface area contributed by atoms with E-state index < -0.39 is 11.5 Å². The van der Waals surface area contributed by atoms with Gasteiger partial charge >= 0.3 is 5.97 Å². The molecule has 2 aliphatic carbocycles. The van der Waals surface area contributed by atoms with Crippen LogP contribution in [0.15, 0.2) is 0 Å². The number of rotatable bonds is 8. The number of hydrogen-bond acceptors (Lipinski definition) is 3. The van der Waals surface area contributed by atoms with Gasteiger partial charge in [-0.1, -0.05) is 6.92 Å². The fraction of sp³-hybridized carbons (Fsp3) is 0.923. The van der Waals surface area contributed by atoms with Crippen LogP contribution in [-0.4, -0.2) is 46.7 Å². The second-order valence-electron chi connectivity index (χ2n) is 5.67. The molecule has 2 saturated carbocycles. The first kappa shape index (κ1) is 12.8. The van der Waals surface area contributed by atoms with Gasteiger partial charge in [0.25, 0.3) is 0 Å². The first-order valence-corrected chi connectivity index (χ1v) is 6.80. The summed E-state index contributed by atoms with van der Waals surface area (Å²) in [6.45, 7) is 5.91. The van der Waals surface area contributed by atoms with E-state index >= 15 is 0 Å². The Morgan fingerprint density at radius 2 is 2.06 bits per heavy atom. The minimum absolute atomic E-state index is 0.437. The molecule has 4 nitrogen and oxygen atoms in total. The van der Waals surface area contributed by atoms with Crippen molar-refractivity contribution >= 4 is 5.97 Å². The van der Waals surface area contributed by atoms with Crippen LogP contribution in [0, 0.1) is 0 Å². The van der Waals surface area contributed by atoms with Crippen LogP contribution in [0.5, 0.6) is 0 Å². The molecular weight excluding hydrogens is 216 g/mol. The predicted molar refractivity (Wildman–Crippen MR) is 67.1 cm³/mol. The number of nitrogens with zero attached hydrogens (tertiary/aromatic N) is 1. The summed E-state index contributed by atoms with van der Waals surface area (Å²) in [5, 5.41) is 12.6. The van der Waals surface area contributed by atoms with Crippen molar-refractivity contribution in [1.29, 1.82) is 0 Å². The van der Waals surface area contributed by atoms with Crippen molar-refractivity contribution in [3.8, 4) is 0 Å². The Hall–Kier alpha value is -0.610. The molecule has 17 heavy (non-hydrogen) atoms. The maximum absolute atomic E-state index is 11.4. The zero-order valence-corrected chi connectivity index (χ0v) is 10.9. The van der Waals surface area contributed by atoms with Crippen LogP contribution in [-0.2, 0) is 4.79 Å². The van der Waals surface area contributed by atoms with E-state index in [0.29, 0.717) is 12.5 Å². The van der Waals surface area contributed by atoms with Crippen LogP contribution in [0.3, 0.4) is 0 Å². The van der Waals surface area contributed by atoms with Gasteiger partial charge in [0.2, 0.25) is 0 Å². The number of hydrogen-bond donors (Lipinski definition) is 2. The Balaban J connectivity index is 1.85. The van der Waals surface area contributed by atoms with Gasteiger partial charge in [-0.25, -0.2) is 0 Å². The fourth-order valence-electron chi connectivity index (χ4n) is 2.32. The van der Waals surface area contributed by atoms with Crippen molar-refractivity contribution in [3.05, 3.63) is 0 Å². The topological polar surface area (TPSA) is 52.6 Å². The van der Waals surface area contributed by atoms with Crippen molar-refractivity contribution in [2.75, 3.05) is 13.1 Å². The Morgan fingerprint density at radius 3 is 2.47 bits per heavy atom. The molecule has 2 rings (SSSR count). The van der Waals surface area contributed by atoms with E-state index in [1.54, 1.807) is 0 Å². The summed E-state index contributed by atoms with van der Waals surface area (Å²) in [6.07, 6.45) is 5.52. The summed E-state index contributed by atoms with van der Waals surface area (Å²) < 4.78 is 0. The highest BCUT2D eigenvalue weighted by atomic mass is 16.4. The highest BCUT2D eigenvalue weighted by Gasteiger charge is 2.39. The monoisotopic (exact) mass is 240 g/mol. The number of carbonyl (C=O) groups is 1. The maximum atomic E-state index is 11.4. The van der Waals surface area contributed by atoms with E-state index in [0.717, 1.165) is 32.0 Å². The standard InChI is InChI=1S/C13H24N2O2/c1-3-15(11-6-7-11)9-8-13(2,12(16)17)14-10-4-5-10/h10-11,14H,3-9H2,1-2H3,(H,16,17). The summed E-state index contributed by atoms with van der Waals surface area (Å²) in [5.74, 6) is -0.712. The fourth-order valence-corrected chi connectivity index (χ4v) is 2.32. The van der Waals surface area contributed by atoms with Gasteiger partial charge in [-0.05, 0) is 45.6 Å². The van der Waals surface area contributed by atoms with Gasteiger partial charge in [0.15, 0.2) is 0 Å². The van der Waals surface area contributed by atoms with Gasteiger partial charge in [-0.3, -0.25) is 10.1 Å². The largest absolute Gasteiger partial charge is 0.480 e. The molecule has 0 amide bonds. The van der Waals surface area contributed by atoms with Crippen molar-refractivity contribution in [2.45, 2.75) is 63.6 Å². The lowest BCUT2D eigenvalue weighted by atomic mass is 9.97. The van der Waals surface area contributed by atoms with Crippen LogP contribution in [0.1, 0.15) is 46.0 Å². The summed E-state index contributed by atoms with van der Waals surface area (Å²) in [4.78, 5) is 13.8. The van der Waals surface area contributed by atoms with Crippen LogP contribution >= 0.6 is 0 Å². The van der Waals surface area contributed by atoms with E-state index in [-0.39, 0.29) is 0 Å². The second kappa shape index (κ2) is 4.94. The average Bonchev–Trinajstić information content (AvgIpc) is 3.12. The third-order valence-electron chi connectivity index (χ3n) is 3.94. The van der Waals surface area contributed by atoms with E-state index in [2.05, 4.69) is 17.1 Å². The Kier molecular flexibility index (Phi) is 3.73. The summed E-state index contributed by atoms with van der Waals surface area (Å²) in [5.41, 5.74) is -0.747. The lowest BCUT2D eigenvalue weighted by Gasteiger charge is -2.30. The highest BCUT2D eigenvalue weighted by Crippen LogP contribution is 2.28. The number of aliphatic carboxylic acids is 1. The molecule has 2 aliphatic rings. The number of nitrogens with one attached hydrogen (secondary N) is 1. The van der Waals surface area contributed by atoms with Crippen molar-refractivity contribution < 1.29 is 9.90 Å². The van der Waals surface area contributed by atoms with Crippen LogP contribution in [0.4, 0.5) is 0 Å². The van der Waals surface area contributed by atoms with Gasteiger partial charge in [0.05, 0.1) is 0 Å². The van der Waals surface area contributed by atoms with Gasteiger partial charge < -0.3 is 10.0 Å². The molecule has 2 N–H and O–H groups in total. The molecule has 4 heteroatoms. The van der Waals surface area contributed by atoms with Crippen LogP contribution in [0.25, 0.3) is 0 Å². The molecule has 0 aromatic rings. The molecule has 0 aliphatic heterocycles. The van der Waals surface area contributed by atoms with Gasteiger partial charge in [-0.2, -0.15) is 0 Å². The normalized spacial score (nSPS) is 23.7. The SMILES string of the molecule is CCN(CCC(C)(NC1CC1)C(=O)O)C1CC1. The highest BCUT2D eigenvalue weighted by molar-refractivity contribution is 5.78. The number of carboxylic acids is 1. The summed E-state index contributed by atoms with van der Waals surface area (Å²) in [6, 6.07) is 1.16. The van der Waals surface area contributed by atoms with E-state index in [1.807, 2.05) is 6.92 Å². The second-order valence-corrected chi connectivity index (χ2v) is 5.67. The molecule has 0 bridgehead atoms. The average molecular weight is 240 g/mol. The molecule has 0 radical (unpaired) electrons. The zero-order valence-electron chi connectivity index (χ0n) is 10.9. The Labute approximate surface area is 103 Å². The lowest BCUT2D eigenvalue weighted by molar-refractivity contribution is -0.144. The van der Waals surface area contributed by atoms with Crippen molar-refractivity contribution in [3.63, 3.8) is 0 Å². The molecular formula is C13H24N2O2. The maximum Gasteiger partial charge on any atom is 0.323 e. The van der Waals surface area contributed by atoms with Gasteiger partial charge in [0, 0.05) is 18.6 Å². The van der Waals surface area contributed by atoms with Crippen molar-refractivity contribution in [2.24, 2.45) is 0 Å². The minimum Gasteiger partial charge on any atom is -0.480 e. The molecule has 0 saturated heterocycles. The minimum atomic E-state index is -0.747. The van der Waals surface area contributed by atoms with Gasteiger partial charge in [-0.15, -0.1) is 0 Å². The third kappa shape index (κ3) is 3.42. The molecule has 0 heterocycles. The molecule has 0 spiro atoms. The van der Waals surface area contributed by atoms with E-state index in [9.17, 15) is 9.90 Å². The molecule has 0 aromatic carbocycles. The molecule has 0 aromatic heterocycles. The first-order valence-electron chi connectivity index (χ1n) is 6.80. The zero-order chi connectivity index (χ0) is 12.5. The molecule has 1 atom stereocenters. The van der Waals surface area contributed by atoms with Gasteiger partial charge in [0.1, 0.15) is 5.54 Å². The quantitative estimate of drug-likeness (QED) is 0.674. The molecule has 98 valence electrons. The summed E-state index contributed by atoms with van der Waals surface area (Å²) >= 11 is 0. The van der Waals surface area contributed by atoms with E-state index in [4.69, 9.17) is 0 Å². The lowest BCUT2D eigenvalue weighted by Crippen LogP contribution is -2.52. The predicted octanol–water partition coefficient (Wildman–Crippen LogP) is 1.46. The smallest absolute Gasteiger partial charge is 0.323 e. The Bertz CT molecular complexity index is 287. The van der Waals surface area contributed by atoms with Crippen LogP contribution < -0.4 is 5.32 Å². The third-order valence-corrected chi connectivity index (χ3v) is 3.94. The molecule has 1 unspecified atom stereocenters. The van der Waals surface area contributed by atoms with E-state index in [1.165, 1.54) is 12.8 Å². The Morgan fingerprint density at radius 1 is 1.41 bits per heavy atom. The van der Waals surface area contributed by atoms with Crippen LogP contribution in [0.2, 0.25) is 0 Å². The molecule has 2 fully saturated rings. The van der Waals surface area contributed by atoms with Crippen molar-refractivity contribution in [1.82, 2.24) is 10.2 Å². The first-order chi connectivity index (χ1) is 8.05. The summed E-state index contributed by atoms with van der Waals surface area (Å²) in [7, 11) is 0.